The van der Waals surface area contributed by atoms with E-state index in [-0.39, 0.29) is 17.3 Å². The zero-order valence-corrected chi connectivity index (χ0v) is 10.3. The largest absolute Gasteiger partial charge is 0.508 e. The molecule has 1 aliphatic heterocycles. The van der Waals surface area contributed by atoms with Gasteiger partial charge in [0.2, 0.25) is 5.78 Å². The average molecular weight is 263 g/mol. The molecule has 1 heterocycles. The van der Waals surface area contributed by atoms with E-state index in [2.05, 4.69) is 0 Å². The summed E-state index contributed by atoms with van der Waals surface area (Å²) in [6.45, 7) is 0. The average Bonchev–Trinajstić information content (AvgIpc) is 2.75. The highest BCUT2D eigenvalue weighted by Gasteiger charge is 2.27. The highest BCUT2D eigenvalue weighted by Crippen LogP contribution is 2.34. The molecule has 1 N–H and O–H groups in total. The van der Waals surface area contributed by atoms with Crippen LogP contribution in [0.1, 0.15) is 21.5 Å². The minimum Gasteiger partial charge on any atom is -0.508 e. The van der Waals surface area contributed by atoms with Crippen LogP contribution in [-0.2, 0) is 0 Å². The number of ether oxygens (including phenoxy) is 1. The molecule has 0 saturated heterocycles. The summed E-state index contributed by atoms with van der Waals surface area (Å²) >= 11 is 0. The Kier molecular flexibility index (Phi) is 2.73. The van der Waals surface area contributed by atoms with Crippen LogP contribution >= 0.6 is 0 Å². The Morgan fingerprint density at radius 3 is 2.85 bits per heavy atom. The number of nitriles is 1. The predicted octanol–water partition coefficient (Wildman–Crippen LogP) is 2.88. The van der Waals surface area contributed by atoms with Crippen LogP contribution in [0.15, 0.2) is 48.2 Å². The molecule has 2 aromatic rings. The number of carbonyl (C=O) groups is 1. The SMILES string of the molecule is N#Cc1cccc(/C=C2/Oc3cc(O)ccc3C2=O)c1. The molecule has 0 saturated carbocycles. The van der Waals surface area contributed by atoms with E-state index >= 15 is 0 Å². The molecule has 96 valence electrons. The van der Waals surface area contributed by atoms with Gasteiger partial charge >= 0.3 is 0 Å². The molecule has 20 heavy (non-hydrogen) atoms. The molecule has 3 rings (SSSR count). The van der Waals surface area contributed by atoms with Gasteiger partial charge in [-0.2, -0.15) is 5.26 Å². The maximum Gasteiger partial charge on any atom is 0.231 e. The number of ketones is 1. The van der Waals surface area contributed by atoms with E-state index in [1.54, 1.807) is 30.3 Å². The number of hydrogen-bond acceptors (Lipinski definition) is 4. The van der Waals surface area contributed by atoms with E-state index < -0.39 is 0 Å². The number of aromatic hydroxyl groups is 1. The topological polar surface area (TPSA) is 70.3 Å². The first-order chi connectivity index (χ1) is 9.67. The van der Waals surface area contributed by atoms with Crippen molar-refractivity contribution in [2.45, 2.75) is 0 Å². The number of Topliss-reactive ketones (excluding diaryl/α,β-unsaturated/α-hetero) is 1. The normalized spacial score (nSPS) is 14.8. The molecule has 4 nitrogen and oxygen atoms in total. The number of phenolic OH excluding ortho intramolecular Hbond substituents is 1. The first-order valence-electron chi connectivity index (χ1n) is 5.95. The molecule has 0 fully saturated rings. The number of hydrogen-bond donors (Lipinski definition) is 1. The van der Waals surface area contributed by atoms with Gasteiger partial charge in [-0.05, 0) is 35.9 Å². The first kappa shape index (κ1) is 12.0. The Labute approximate surface area is 115 Å². The van der Waals surface area contributed by atoms with Crippen LogP contribution in [0.3, 0.4) is 0 Å². The van der Waals surface area contributed by atoms with Gasteiger partial charge in [-0.3, -0.25) is 4.79 Å². The maximum atomic E-state index is 12.1. The smallest absolute Gasteiger partial charge is 0.231 e. The maximum absolute atomic E-state index is 12.1. The fraction of sp³-hybridized carbons (Fsp3) is 0. The summed E-state index contributed by atoms with van der Waals surface area (Å²) in [6.07, 6.45) is 1.58. The van der Waals surface area contributed by atoms with Crippen molar-refractivity contribution in [3.8, 4) is 17.6 Å². The summed E-state index contributed by atoms with van der Waals surface area (Å²) in [7, 11) is 0. The second kappa shape index (κ2) is 4.56. The van der Waals surface area contributed by atoms with Crippen molar-refractivity contribution in [2.24, 2.45) is 0 Å². The number of fused-ring (bicyclic) bond motifs is 1. The summed E-state index contributed by atoms with van der Waals surface area (Å²) in [6, 6.07) is 13.3. The fourth-order valence-electron chi connectivity index (χ4n) is 2.02. The molecule has 0 bridgehead atoms. The van der Waals surface area contributed by atoms with Gasteiger partial charge in [-0.25, -0.2) is 0 Å². The van der Waals surface area contributed by atoms with Crippen molar-refractivity contribution in [3.05, 3.63) is 64.9 Å². The van der Waals surface area contributed by atoms with E-state index in [9.17, 15) is 9.90 Å². The van der Waals surface area contributed by atoms with Gasteiger partial charge in [0.25, 0.3) is 0 Å². The van der Waals surface area contributed by atoms with Crippen molar-refractivity contribution >= 4 is 11.9 Å². The first-order valence-corrected chi connectivity index (χ1v) is 5.95. The van der Waals surface area contributed by atoms with Crippen LogP contribution in [0.4, 0.5) is 0 Å². The molecule has 2 aromatic carbocycles. The lowest BCUT2D eigenvalue weighted by Gasteiger charge is -1.99. The quantitative estimate of drug-likeness (QED) is 0.803. The number of carbonyl (C=O) groups excluding carboxylic acids is 1. The summed E-state index contributed by atoms with van der Waals surface area (Å²) in [5.41, 5.74) is 1.65. The van der Waals surface area contributed by atoms with Gasteiger partial charge in [0, 0.05) is 6.07 Å². The van der Waals surface area contributed by atoms with E-state index in [0.717, 1.165) is 0 Å². The van der Waals surface area contributed by atoms with E-state index in [1.807, 2.05) is 6.07 Å². The third-order valence-electron chi connectivity index (χ3n) is 2.97. The zero-order chi connectivity index (χ0) is 14.1. The van der Waals surface area contributed by atoms with Crippen molar-refractivity contribution in [3.63, 3.8) is 0 Å². The van der Waals surface area contributed by atoms with Gasteiger partial charge in [-0.15, -0.1) is 0 Å². The highest BCUT2D eigenvalue weighted by molar-refractivity contribution is 6.14. The fourth-order valence-corrected chi connectivity index (χ4v) is 2.02. The minimum atomic E-state index is -0.234. The van der Waals surface area contributed by atoms with Crippen LogP contribution < -0.4 is 4.74 Å². The lowest BCUT2D eigenvalue weighted by Crippen LogP contribution is -1.98. The number of benzene rings is 2. The van der Waals surface area contributed by atoms with Crippen molar-refractivity contribution in [1.29, 1.82) is 5.26 Å². The number of allylic oxidation sites excluding steroid dienone is 1. The summed E-state index contributed by atoms with van der Waals surface area (Å²) in [5, 5.41) is 18.2. The van der Waals surface area contributed by atoms with Crippen LogP contribution in [0.2, 0.25) is 0 Å². The van der Waals surface area contributed by atoms with E-state index in [1.165, 1.54) is 18.2 Å². The molecule has 1 aliphatic rings. The molecule has 0 aromatic heterocycles. The predicted molar refractivity (Wildman–Crippen MR) is 72.2 cm³/mol. The van der Waals surface area contributed by atoms with Crippen LogP contribution in [0, 0.1) is 11.3 Å². The Morgan fingerprint density at radius 2 is 2.05 bits per heavy atom. The zero-order valence-electron chi connectivity index (χ0n) is 10.3. The van der Waals surface area contributed by atoms with Crippen molar-refractivity contribution in [1.82, 2.24) is 0 Å². The monoisotopic (exact) mass is 263 g/mol. The summed E-state index contributed by atoms with van der Waals surface area (Å²) < 4.78 is 5.45. The third-order valence-corrected chi connectivity index (χ3v) is 2.97. The molecular formula is C16H9NO3. The highest BCUT2D eigenvalue weighted by atomic mass is 16.5. The standard InChI is InChI=1S/C16H9NO3/c17-9-11-3-1-2-10(6-11)7-15-16(19)13-5-4-12(18)8-14(13)20-15/h1-8,18H/b15-7+. The van der Waals surface area contributed by atoms with Gasteiger partial charge in [0.15, 0.2) is 5.76 Å². The van der Waals surface area contributed by atoms with Crippen LogP contribution in [0.25, 0.3) is 6.08 Å². The van der Waals surface area contributed by atoms with Gasteiger partial charge in [0.05, 0.1) is 17.2 Å². The molecular weight excluding hydrogens is 254 g/mol. The number of rotatable bonds is 1. The van der Waals surface area contributed by atoms with Gasteiger partial charge in [0.1, 0.15) is 11.5 Å². The molecule has 0 spiro atoms. The van der Waals surface area contributed by atoms with E-state index in [4.69, 9.17) is 10.00 Å². The molecule has 0 atom stereocenters. The van der Waals surface area contributed by atoms with Crippen molar-refractivity contribution < 1.29 is 14.6 Å². The Bertz CT molecular complexity index is 785. The van der Waals surface area contributed by atoms with Crippen LogP contribution in [-0.4, -0.2) is 10.9 Å². The van der Waals surface area contributed by atoms with Gasteiger partial charge in [-0.1, -0.05) is 12.1 Å². The molecule has 0 aliphatic carbocycles. The number of phenols is 1. The Hall–Kier alpha value is -3.06. The lowest BCUT2D eigenvalue weighted by molar-refractivity contribution is 0.101. The number of nitrogens with zero attached hydrogens (tertiary/aromatic N) is 1. The molecule has 0 amide bonds. The van der Waals surface area contributed by atoms with Gasteiger partial charge < -0.3 is 9.84 Å². The lowest BCUT2D eigenvalue weighted by atomic mass is 10.1. The molecule has 0 radical (unpaired) electrons. The second-order valence-corrected chi connectivity index (χ2v) is 4.36. The third kappa shape index (κ3) is 2.02. The summed E-state index contributed by atoms with van der Waals surface area (Å²) in [5.74, 6) is 0.338. The van der Waals surface area contributed by atoms with Crippen molar-refractivity contribution in [2.75, 3.05) is 0 Å². The van der Waals surface area contributed by atoms with E-state index in [0.29, 0.717) is 22.4 Å². The summed E-state index contributed by atoms with van der Waals surface area (Å²) in [4.78, 5) is 12.1. The Balaban J connectivity index is 1.99. The minimum absolute atomic E-state index is 0.0456. The Morgan fingerprint density at radius 1 is 1.20 bits per heavy atom. The molecule has 0 unspecified atom stereocenters. The van der Waals surface area contributed by atoms with Crippen LogP contribution in [0.5, 0.6) is 11.5 Å². The molecule has 4 heteroatoms. The second-order valence-electron chi connectivity index (χ2n) is 4.36.